The summed E-state index contributed by atoms with van der Waals surface area (Å²) in [6.45, 7) is 0. The molecule has 1 aromatic rings. The molecule has 0 aliphatic heterocycles. The minimum absolute atomic E-state index is 0.662. The molecule has 46 valence electrons. The van der Waals surface area contributed by atoms with E-state index >= 15 is 0 Å². The fourth-order valence-electron chi connectivity index (χ4n) is 0.602. The van der Waals surface area contributed by atoms with Crippen molar-refractivity contribution in [2.45, 2.75) is 0 Å². The lowest BCUT2D eigenvalue weighted by Gasteiger charge is -2.01. The van der Waals surface area contributed by atoms with Gasteiger partial charge in [0.15, 0.2) is 0 Å². The van der Waals surface area contributed by atoms with Gasteiger partial charge >= 0.3 is 0 Å². The van der Waals surface area contributed by atoms with Gasteiger partial charge in [0.05, 0.1) is 0 Å². The first-order valence-electron chi connectivity index (χ1n) is 2.69. The highest BCUT2D eigenvalue weighted by Gasteiger charge is 1.65. The van der Waals surface area contributed by atoms with Crippen molar-refractivity contribution < 1.29 is 5.11 Å². The number of hydrogen-bond acceptors (Lipinski definition) is 1. The van der Waals surface area contributed by atoms with Crippen LogP contribution in [0.3, 0.4) is 0 Å². The molecule has 0 fully saturated rings. The monoisotopic (exact) mass is 118 g/mol. The molecule has 0 unspecified atom stereocenters. The standard InChI is InChI=1S/C8H7O/c9-7-6-8-4-2-1-3-5-8/h1-5,7,9H/q-1/p-1. The molecule has 1 heteroatoms. The van der Waals surface area contributed by atoms with Crippen LogP contribution >= 0.6 is 0 Å². The van der Waals surface area contributed by atoms with Crippen molar-refractivity contribution in [3.8, 4) is 0 Å². The Morgan fingerprint density at radius 1 is 1.22 bits per heavy atom. The molecule has 0 saturated heterocycles. The zero-order valence-corrected chi connectivity index (χ0v) is 4.87. The van der Waals surface area contributed by atoms with Crippen LogP contribution in [0.5, 0.6) is 0 Å². The van der Waals surface area contributed by atoms with E-state index in [9.17, 15) is 5.11 Å². The molecule has 0 aliphatic carbocycles. The van der Waals surface area contributed by atoms with E-state index in [0.29, 0.717) is 6.26 Å². The number of rotatable bonds is 1. The van der Waals surface area contributed by atoms with Gasteiger partial charge in [-0.2, -0.15) is 23.8 Å². The summed E-state index contributed by atoms with van der Waals surface area (Å²) >= 11 is 0. The largest absolute Gasteiger partial charge is 0.887 e. The van der Waals surface area contributed by atoms with E-state index in [1.807, 2.05) is 30.3 Å². The van der Waals surface area contributed by atoms with Crippen LogP contribution in [0.2, 0.25) is 0 Å². The minimum Gasteiger partial charge on any atom is -0.887 e. The lowest BCUT2D eigenvalue weighted by atomic mass is 10.2. The maximum absolute atomic E-state index is 9.86. The SMILES string of the molecule is [O-]C=[C-]c1ccccc1. The summed E-state index contributed by atoms with van der Waals surface area (Å²) in [6, 6.07) is 9.29. The van der Waals surface area contributed by atoms with Crippen LogP contribution < -0.4 is 5.11 Å². The van der Waals surface area contributed by atoms with Crippen molar-refractivity contribution in [3.63, 3.8) is 0 Å². The van der Waals surface area contributed by atoms with Crippen molar-refractivity contribution in [1.82, 2.24) is 0 Å². The predicted molar refractivity (Wildman–Crippen MR) is 33.4 cm³/mol. The van der Waals surface area contributed by atoms with Gasteiger partial charge in [0.2, 0.25) is 0 Å². The van der Waals surface area contributed by atoms with Gasteiger partial charge in [0, 0.05) is 0 Å². The maximum Gasteiger partial charge on any atom is -0.0866 e. The van der Waals surface area contributed by atoms with E-state index in [2.05, 4.69) is 6.08 Å². The van der Waals surface area contributed by atoms with E-state index in [1.165, 1.54) is 0 Å². The van der Waals surface area contributed by atoms with Crippen LogP contribution in [0, 0.1) is 6.08 Å². The molecule has 0 N–H and O–H groups in total. The van der Waals surface area contributed by atoms with Crippen molar-refractivity contribution in [1.29, 1.82) is 0 Å². The van der Waals surface area contributed by atoms with Crippen LogP contribution in [0.1, 0.15) is 5.56 Å². The summed E-state index contributed by atoms with van der Waals surface area (Å²) in [5.41, 5.74) is 0.826. The van der Waals surface area contributed by atoms with Crippen molar-refractivity contribution in [2.75, 3.05) is 0 Å². The molecular weight excluding hydrogens is 112 g/mol. The van der Waals surface area contributed by atoms with E-state index in [4.69, 9.17) is 0 Å². The Balaban J connectivity index is 2.85. The highest BCUT2D eigenvalue weighted by Crippen LogP contribution is 1.95. The normalized spacial score (nSPS) is 10.2. The molecule has 0 radical (unpaired) electrons. The number of hydrogen-bond donors (Lipinski definition) is 0. The van der Waals surface area contributed by atoms with Crippen LogP contribution in [-0.2, 0) is 0 Å². The highest BCUT2D eigenvalue weighted by molar-refractivity contribution is 5.20. The molecule has 0 aromatic heterocycles. The quantitative estimate of drug-likeness (QED) is 0.393. The molecule has 0 bridgehead atoms. The Bertz CT molecular complexity index is 189. The fourth-order valence-corrected chi connectivity index (χ4v) is 0.602. The Hall–Kier alpha value is -1.24. The molecular formula is C8H6O-2. The Morgan fingerprint density at radius 3 is 2.44 bits per heavy atom. The minimum atomic E-state index is 0.662. The zero-order chi connectivity index (χ0) is 6.53. The smallest absolute Gasteiger partial charge is 0.0866 e. The molecule has 0 amide bonds. The summed E-state index contributed by atoms with van der Waals surface area (Å²) in [4.78, 5) is 0. The number of benzene rings is 1. The van der Waals surface area contributed by atoms with E-state index in [1.54, 1.807) is 0 Å². The first-order chi connectivity index (χ1) is 4.43. The lowest BCUT2D eigenvalue weighted by molar-refractivity contribution is -0.275. The van der Waals surface area contributed by atoms with Crippen LogP contribution in [-0.4, -0.2) is 0 Å². The third-order valence-electron chi connectivity index (χ3n) is 0.999. The molecule has 1 rings (SSSR count). The first kappa shape index (κ1) is 5.89. The average molecular weight is 118 g/mol. The summed E-state index contributed by atoms with van der Waals surface area (Å²) < 4.78 is 0. The second-order valence-corrected chi connectivity index (χ2v) is 1.63. The van der Waals surface area contributed by atoms with Gasteiger partial charge in [0.1, 0.15) is 0 Å². The molecule has 0 saturated carbocycles. The van der Waals surface area contributed by atoms with E-state index in [0.717, 1.165) is 5.56 Å². The first-order valence-corrected chi connectivity index (χ1v) is 2.69. The molecule has 0 heterocycles. The van der Waals surface area contributed by atoms with Crippen LogP contribution in [0.4, 0.5) is 0 Å². The Labute approximate surface area is 54.3 Å². The highest BCUT2D eigenvalue weighted by atomic mass is 16.2. The Kier molecular flexibility index (Phi) is 1.91. The molecule has 0 spiro atoms. The van der Waals surface area contributed by atoms with Crippen LogP contribution in [0.15, 0.2) is 36.6 Å². The van der Waals surface area contributed by atoms with E-state index < -0.39 is 0 Å². The summed E-state index contributed by atoms with van der Waals surface area (Å²) in [6.07, 6.45) is 3.19. The lowest BCUT2D eigenvalue weighted by Crippen LogP contribution is -1.85. The summed E-state index contributed by atoms with van der Waals surface area (Å²) in [5, 5.41) is 9.86. The maximum atomic E-state index is 9.86. The van der Waals surface area contributed by atoms with Crippen LogP contribution in [0.25, 0.3) is 0 Å². The van der Waals surface area contributed by atoms with Crippen molar-refractivity contribution >= 4 is 0 Å². The second kappa shape index (κ2) is 2.92. The third-order valence-corrected chi connectivity index (χ3v) is 0.999. The van der Waals surface area contributed by atoms with Crippen molar-refractivity contribution in [3.05, 3.63) is 48.2 Å². The van der Waals surface area contributed by atoms with Gasteiger partial charge < -0.3 is 5.11 Å². The fraction of sp³-hybridized carbons (Fsp3) is 0. The molecule has 0 aliphatic rings. The predicted octanol–water partition coefficient (Wildman–Crippen LogP) is 0.712. The van der Waals surface area contributed by atoms with E-state index in [-0.39, 0.29) is 0 Å². The molecule has 9 heavy (non-hydrogen) atoms. The molecule has 1 nitrogen and oxygen atoms in total. The average Bonchev–Trinajstić information content (AvgIpc) is 1.91. The second-order valence-electron chi connectivity index (χ2n) is 1.63. The van der Waals surface area contributed by atoms with Crippen molar-refractivity contribution in [2.24, 2.45) is 0 Å². The van der Waals surface area contributed by atoms with Gasteiger partial charge in [-0.05, 0) is 0 Å². The van der Waals surface area contributed by atoms with Gasteiger partial charge in [0.25, 0.3) is 0 Å². The van der Waals surface area contributed by atoms with Gasteiger partial charge in [-0.3, -0.25) is 0 Å². The molecule has 0 atom stereocenters. The summed E-state index contributed by atoms with van der Waals surface area (Å²) in [5.74, 6) is 0. The third kappa shape index (κ3) is 1.61. The van der Waals surface area contributed by atoms with Gasteiger partial charge in [-0.15, -0.1) is 12.1 Å². The zero-order valence-electron chi connectivity index (χ0n) is 4.87. The summed E-state index contributed by atoms with van der Waals surface area (Å²) in [7, 11) is 0. The Morgan fingerprint density at radius 2 is 1.89 bits per heavy atom. The topological polar surface area (TPSA) is 23.1 Å². The molecule has 1 aromatic carbocycles. The van der Waals surface area contributed by atoms with Gasteiger partial charge in [-0.1, -0.05) is 6.07 Å². The van der Waals surface area contributed by atoms with Gasteiger partial charge in [-0.25, -0.2) is 6.26 Å².